The summed E-state index contributed by atoms with van der Waals surface area (Å²) in [6.45, 7) is 5.77. The number of ether oxygens (including phenoxy) is 1. The molecule has 7 nitrogen and oxygen atoms in total. The van der Waals surface area contributed by atoms with Crippen molar-refractivity contribution in [3.05, 3.63) is 23.3 Å². The molecule has 3 fully saturated rings. The van der Waals surface area contributed by atoms with Gasteiger partial charge in [-0.1, -0.05) is 38.8 Å². The Morgan fingerprint density at radius 1 is 1.21 bits per heavy atom. The summed E-state index contributed by atoms with van der Waals surface area (Å²) in [6.07, 6.45) is 4.92. The van der Waals surface area contributed by atoms with Crippen LogP contribution in [0, 0.1) is 28.6 Å². The third kappa shape index (κ3) is 2.98. The Labute approximate surface area is 196 Å². The second-order valence-corrected chi connectivity index (χ2v) is 11.9. The summed E-state index contributed by atoms with van der Waals surface area (Å²) < 4.78 is 5.93. The van der Waals surface area contributed by atoms with E-state index < -0.39 is 42.0 Å². The van der Waals surface area contributed by atoms with Gasteiger partial charge in [-0.2, -0.15) is 0 Å². The van der Waals surface area contributed by atoms with Gasteiger partial charge in [-0.15, -0.1) is 0 Å². The van der Waals surface area contributed by atoms with Crippen molar-refractivity contribution in [1.82, 2.24) is 4.90 Å². The maximum Gasteiger partial charge on any atom is 0.410 e. The molecule has 1 unspecified atom stereocenters. The average Bonchev–Trinajstić information content (AvgIpc) is 3.10. The highest BCUT2D eigenvalue weighted by molar-refractivity contribution is 5.69. The largest absolute Gasteiger partial charge is 0.438 e. The van der Waals surface area contributed by atoms with Crippen molar-refractivity contribution >= 4 is 6.09 Å². The predicted octanol–water partition coefficient (Wildman–Crippen LogP) is 2.38. The SMILES string of the molecule is CC1=C[C@@]23CC[C@@H]4[C@H]([C@H](C=C(CO)[C@@H](O)[C@]2(O)[C@H]1OC(=O)N(C)C1CCCC1)C3O)C4(C)C. The van der Waals surface area contributed by atoms with E-state index in [9.17, 15) is 25.2 Å². The highest BCUT2D eigenvalue weighted by Crippen LogP contribution is 2.71. The Bertz CT molecular complexity index is 891. The molecule has 4 N–H and O–H groups in total. The molecule has 5 aliphatic rings. The molecule has 7 heteroatoms. The highest BCUT2D eigenvalue weighted by atomic mass is 16.6. The maximum atomic E-state index is 13.1. The van der Waals surface area contributed by atoms with Crippen LogP contribution in [0.5, 0.6) is 0 Å². The van der Waals surface area contributed by atoms with Gasteiger partial charge in [0.15, 0.2) is 6.10 Å². The molecule has 0 aromatic rings. The lowest BCUT2D eigenvalue weighted by molar-refractivity contribution is -0.203. The van der Waals surface area contributed by atoms with Gasteiger partial charge in [-0.3, -0.25) is 0 Å². The van der Waals surface area contributed by atoms with E-state index in [-0.39, 0.29) is 23.3 Å². The van der Waals surface area contributed by atoms with Gasteiger partial charge in [0.1, 0.15) is 11.7 Å². The first-order valence-corrected chi connectivity index (χ1v) is 12.5. The molecular weight excluding hydrogens is 422 g/mol. The molecule has 3 saturated carbocycles. The molecule has 5 rings (SSSR count). The topological polar surface area (TPSA) is 110 Å². The Kier molecular flexibility index (Phi) is 5.33. The summed E-state index contributed by atoms with van der Waals surface area (Å²) in [5.41, 5.74) is -2.12. The van der Waals surface area contributed by atoms with Crippen LogP contribution in [-0.2, 0) is 4.74 Å². The molecule has 0 saturated heterocycles. The first kappa shape index (κ1) is 23.3. The fourth-order valence-corrected chi connectivity index (χ4v) is 8.13. The summed E-state index contributed by atoms with van der Waals surface area (Å²) in [4.78, 5) is 14.7. The minimum atomic E-state index is -1.95. The van der Waals surface area contributed by atoms with Crippen molar-refractivity contribution in [2.24, 2.45) is 28.6 Å². The smallest absolute Gasteiger partial charge is 0.410 e. The van der Waals surface area contributed by atoms with Crippen molar-refractivity contribution in [1.29, 1.82) is 0 Å². The number of rotatable bonds is 3. The van der Waals surface area contributed by atoms with Gasteiger partial charge < -0.3 is 30.1 Å². The summed E-state index contributed by atoms with van der Waals surface area (Å²) in [5, 5.41) is 45.7. The molecule has 184 valence electrons. The molecule has 1 spiro atoms. The number of amides is 1. The number of nitrogens with zero attached hydrogens (tertiary/aromatic N) is 1. The van der Waals surface area contributed by atoms with Crippen molar-refractivity contribution in [3.63, 3.8) is 0 Å². The van der Waals surface area contributed by atoms with Crippen LogP contribution < -0.4 is 0 Å². The van der Waals surface area contributed by atoms with E-state index in [4.69, 9.17) is 4.74 Å². The van der Waals surface area contributed by atoms with E-state index in [1.54, 1.807) is 24.9 Å². The quantitative estimate of drug-likeness (QED) is 0.481. The third-order valence-electron chi connectivity index (χ3n) is 10.1. The van der Waals surface area contributed by atoms with Gasteiger partial charge in [0, 0.05) is 19.0 Å². The van der Waals surface area contributed by atoms with Crippen molar-refractivity contribution in [3.8, 4) is 0 Å². The van der Waals surface area contributed by atoms with Crippen LogP contribution in [0.2, 0.25) is 0 Å². The van der Waals surface area contributed by atoms with Gasteiger partial charge in [0.25, 0.3) is 0 Å². The predicted molar refractivity (Wildman–Crippen MR) is 122 cm³/mol. The highest BCUT2D eigenvalue weighted by Gasteiger charge is 2.74. The monoisotopic (exact) mass is 461 g/mol. The number of fused-ring (bicyclic) bond motifs is 3. The fourth-order valence-electron chi connectivity index (χ4n) is 8.13. The molecule has 0 aromatic carbocycles. The Balaban J connectivity index is 1.54. The third-order valence-corrected chi connectivity index (χ3v) is 10.1. The zero-order valence-electron chi connectivity index (χ0n) is 20.2. The van der Waals surface area contributed by atoms with E-state index in [2.05, 4.69) is 13.8 Å². The minimum absolute atomic E-state index is 0.0605. The van der Waals surface area contributed by atoms with Crippen LogP contribution in [0.15, 0.2) is 23.3 Å². The molecule has 0 aromatic heterocycles. The molecule has 0 radical (unpaired) electrons. The zero-order valence-corrected chi connectivity index (χ0v) is 20.2. The van der Waals surface area contributed by atoms with Crippen molar-refractivity contribution < 1.29 is 30.0 Å². The first-order valence-electron chi connectivity index (χ1n) is 12.5. The van der Waals surface area contributed by atoms with Gasteiger partial charge in [-0.25, -0.2) is 4.79 Å². The summed E-state index contributed by atoms with van der Waals surface area (Å²) in [7, 11) is 1.72. The number of carbonyl (C=O) groups is 1. The molecule has 33 heavy (non-hydrogen) atoms. The molecule has 5 aliphatic carbocycles. The van der Waals surface area contributed by atoms with Gasteiger partial charge in [0.2, 0.25) is 0 Å². The Hall–Kier alpha value is -1.41. The van der Waals surface area contributed by atoms with Gasteiger partial charge >= 0.3 is 6.09 Å². The number of aliphatic hydroxyl groups excluding tert-OH is 3. The fraction of sp³-hybridized carbons (Fsp3) is 0.808. The molecular formula is C26H39NO6. The zero-order chi connectivity index (χ0) is 23.9. The molecule has 1 amide bonds. The van der Waals surface area contributed by atoms with Crippen LogP contribution in [0.4, 0.5) is 4.79 Å². The van der Waals surface area contributed by atoms with Gasteiger partial charge in [0.05, 0.1) is 18.1 Å². The van der Waals surface area contributed by atoms with Crippen LogP contribution in [-0.4, -0.2) is 75.0 Å². The van der Waals surface area contributed by atoms with Crippen molar-refractivity contribution in [2.45, 2.75) is 89.3 Å². The molecule has 8 atom stereocenters. The minimum Gasteiger partial charge on any atom is -0.438 e. The summed E-state index contributed by atoms with van der Waals surface area (Å²) in [6, 6.07) is 0.112. The summed E-state index contributed by atoms with van der Waals surface area (Å²) >= 11 is 0. The number of hydrogen-bond donors (Lipinski definition) is 4. The van der Waals surface area contributed by atoms with Crippen LogP contribution >= 0.6 is 0 Å². The average molecular weight is 462 g/mol. The maximum absolute atomic E-state index is 13.1. The normalized spacial score (nSPS) is 45.8. The lowest BCUT2D eigenvalue weighted by Gasteiger charge is -2.49. The molecule has 0 heterocycles. The van der Waals surface area contributed by atoms with Crippen LogP contribution in [0.3, 0.4) is 0 Å². The second-order valence-electron chi connectivity index (χ2n) is 11.9. The molecule has 2 bridgehead atoms. The Morgan fingerprint density at radius 3 is 2.52 bits per heavy atom. The molecule has 0 aliphatic heterocycles. The Morgan fingerprint density at radius 2 is 1.88 bits per heavy atom. The van der Waals surface area contributed by atoms with Crippen molar-refractivity contribution in [2.75, 3.05) is 13.7 Å². The lowest BCUT2D eigenvalue weighted by Crippen LogP contribution is -2.65. The summed E-state index contributed by atoms with van der Waals surface area (Å²) in [5.74, 6) is 0.320. The number of carbonyl (C=O) groups excluding carboxylic acids is 1. The second kappa shape index (κ2) is 7.54. The number of hydrogen-bond acceptors (Lipinski definition) is 6. The van der Waals surface area contributed by atoms with E-state index in [0.717, 1.165) is 32.1 Å². The van der Waals surface area contributed by atoms with Crippen LogP contribution in [0.1, 0.15) is 59.3 Å². The van der Waals surface area contributed by atoms with E-state index in [1.165, 1.54) is 0 Å². The van der Waals surface area contributed by atoms with Gasteiger partial charge in [-0.05, 0) is 61.0 Å². The number of aliphatic hydroxyl groups is 4. The standard InChI is InChI=1S/C26H39NO6/c1-14-12-25-10-9-18-19(24(18,2)3)17(21(25)30)11-15(13-28)20(29)26(25,32)22(14)33-23(31)27(4)16-7-5-6-8-16/h11-12,16-22,28-30,32H,5-10,13H2,1-4H3/t17-,18+,19-,20+,21?,22-,25+,26-/m0/s1. The first-order chi connectivity index (χ1) is 15.5. The van der Waals surface area contributed by atoms with E-state index in [0.29, 0.717) is 23.5 Å². The lowest BCUT2D eigenvalue weighted by atomic mass is 9.62. The van der Waals surface area contributed by atoms with E-state index >= 15 is 0 Å². The van der Waals surface area contributed by atoms with E-state index in [1.807, 2.05) is 6.08 Å². The van der Waals surface area contributed by atoms with Crippen LogP contribution in [0.25, 0.3) is 0 Å².